The molecule has 27 heavy (non-hydrogen) atoms. The van der Waals surface area contributed by atoms with Crippen molar-refractivity contribution in [3.8, 4) is 0 Å². The lowest BCUT2D eigenvalue weighted by atomic mass is 9.99. The topological polar surface area (TPSA) is 61.5 Å². The molecule has 0 amide bonds. The van der Waals surface area contributed by atoms with Crippen LogP contribution < -0.4 is 15.5 Å². The van der Waals surface area contributed by atoms with Gasteiger partial charge < -0.3 is 20.4 Å². The summed E-state index contributed by atoms with van der Waals surface area (Å²) in [5, 5.41) is 0.791. The van der Waals surface area contributed by atoms with Gasteiger partial charge in [-0.1, -0.05) is 23.7 Å². The van der Waals surface area contributed by atoms with E-state index in [1.165, 1.54) is 5.56 Å². The highest BCUT2D eigenvalue weighted by molar-refractivity contribution is 6.30. The molecule has 1 aromatic heterocycles. The number of piperazine rings is 1. The van der Waals surface area contributed by atoms with Crippen molar-refractivity contribution in [3.63, 3.8) is 0 Å². The summed E-state index contributed by atoms with van der Waals surface area (Å²) in [5.41, 5.74) is 7.37. The Balaban J connectivity index is 1.43. The first-order chi connectivity index (χ1) is 13.1. The lowest BCUT2D eigenvalue weighted by Gasteiger charge is -2.33. The molecule has 2 aromatic rings. The van der Waals surface area contributed by atoms with Gasteiger partial charge in [-0.2, -0.15) is 9.97 Å². The normalized spacial score (nSPS) is 21.0. The van der Waals surface area contributed by atoms with Crippen LogP contribution >= 0.6 is 11.6 Å². The zero-order valence-electron chi connectivity index (χ0n) is 15.8. The number of halogens is 1. The molecule has 0 aliphatic carbocycles. The molecule has 144 valence electrons. The van der Waals surface area contributed by atoms with Crippen LogP contribution in [0.3, 0.4) is 0 Å². The summed E-state index contributed by atoms with van der Waals surface area (Å²) in [5.74, 6) is 2.89. The summed E-state index contributed by atoms with van der Waals surface area (Å²) in [6, 6.07) is 10.3. The van der Waals surface area contributed by atoms with E-state index in [0.717, 1.165) is 68.8 Å². The first-order valence-corrected chi connectivity index (χ1v) is 10.0. The van der Waals surface area contributed by atoms with E-state index in [0.29, 0.717) is 11.9 Å². The SMILES string of the molecule is CN1CCN(c2cc(N3CCC(Cc4ccc(Cl)cc4)C3)nc(N)n2)CC1. The van der Waals surface area contributed by atoms with Crippen molar-refractivity contribution in [2.75, 3.05) is 61.8 Å². The van der Waals surface area contributed by atoms with Gasteiger partial charge in [0, 0.05) is 50.4 Å². The second-order valence-electron chi connectivity index (χ2n) is 7.66. The quantitative estimate of drug-likeness (QED) is 0.871. The highest BCUT2D eigenvalue weighted by Crippen LogP contribution is 2.28. The molecule has 0 saturated carbocycles. The predicted molar refractivity (Wildman–Crippen MR) is 112 cm³/mol. The highest BCUT2D eigenvalue weighted by atomic mass is 35.5. The molecule has 6 nitrogen and oxygen atoms in total. The Labute approximate surface area is 165 Å². The van der Waals surface area contributed by atoms with Crippen LogP contribution in [0.5, 0.6) is 0 Å². The maximum absolute atomic E-state index is 6.03. The molecule has 0 radical (unpaired) electrons. The molecule has 1 atom stereocenters. The van der Waals surface area contributed by atoms with Crippen molar-refractivity contribution in [1.29, 1.82) is 0 Å². The molecule has 2 fully saturated rings. The second kappa shape index (κ2) is 7.90. The van der Waals surface area contributed by atoms with Gasteiger partial charge in [-0.05, 0) is 43.5 Å². The zero-order valence-corrected chi connectivity index (χ0v) is 16.6. The van der Waals surface area contributed by atoms with Crippen LogP contribution in [0, 0.1) is 5.92 Å². The smallest absolute Gasteiger partial charge is 0.223 e. The minimum Gasteiger partial charge on any atom is -0.368 e. The number of nitrogens with zero attached hydrogens (tertiary/aromatic N) is 5. The third-order valence-electron chi connectivity index (χ3n) is 5.59. The number of rotatable bonds is 4. The van der Waals surface area contributed by atoms with Crippen LogP contribution in [0.2, 0.25) is 5.02 Å². The van der Waals surface area contributed by atoms with Gasteiger partial charge in [-0.25, -0.2) is 0 Å². The van der Waals surface area contributed by atoms with Crippen LogP contribution in [-0.4, -0.2) is 61.2 Å². The zero-order chi connectivity index (χ0) is 18.8. The van der Waals surface area contributed by atoms with E-state index in [9.17, 15) is 0 Å². The first kappa shape index (κ1) is 18.3. The van der Waals surface area contributed by atoms with E-state index in [1.54, 1.807) is 0 Å². The number of nitrogen functional groups attached to an aromatic ring is 1. The van der Waals surface area contributed by atoms with Gasteiger partial charge in [0.25, 0.3) is 0 Å². The van der Waals surface area contributed by atoms with E-state index in [4.69, 9.17) is 17.3 Å². The van der Waals surface area contributed by atoms with E-state index in [1.807, 2.05) is 12.1 Å². The molecule has 3 heterocycles. The van der Waals surface area contributed by atoms with Crippen molar-refractivity contribution in [3.05, 3.63) is 40.9 Å². The van der Waals surface area contributed by atoms with Gasteiger partial charge in [-0.3, -0.25) is 0 Å². The summed E-state index contributed by atoms with van der Waals surface area (Å²) in [4.78, 5) is 16.0. The van der Waals surface area contributed by atoms with Gasteiger partial charge in [0.1, 0.15) is 11.6 Å². The molecule has 2 saturated heterocycles. The van der Waals surface area contributed by atoms with Crippen molar-refractivity contribution in [1.82, 2.24) is 14.9 Å². The van der Waals surface area contributed by atoms with Crippen molar-refractivity contribution < 1.29 is 0 Å². The van der Waals surface area contributed by atoms with Crippen LogP contribution in [-0.2, 0) is 6.42 Å². The van der Waals surface area contributed by atoms with Crippen molar-refractivity contribution in [2.24, 2.45) is 5.92 Å². The maximum Gasteiger partial charge on any atom is 0.223 e. The van der Waals surface area contributed by atoms with E-state index in [-0.39, 0.29) is 0 Å². The number of aromatic nitrogens is 2. The second-order valence-corrected chi connectivity index (χ2v) is 8.10. The summed E-state index contributed by atoms with van der Waals surface area (Å²) >= 11 is 5.99. The average molecular weight is 387 g/mol. The van der Waals surface area contributed by atoms with Crippen LogP contribution in [0.1, 0.15) is 12.0 Å². The standard InChI is InChI=1S/C20H27ClN6/c1-25-8-10-26(11-9-25)18-13-19(24-20(22)23-18)27-7-6-16(14-27)12-15-2-4-17(21)5-3-15/h2-5,13,16H,6-12,14H2,1H3,(H2,22,23,24). The average Bonchev–Trinajstić information content (AvgIpc) is 3.12. The first-order valence-electron chi connectivity index (χ1n) is 9.64. The lowest BCUT2D eigenvalue weighted by molar-refractivity contribution is 0.312. The highest BCUT2D eigenvalue weighted by Gasteiger charge is 2.25. The third kappa shape index (κ3) is 4.45. The summed E-state index contributed by atoms with van der Waals surface area (Å²) in [7, 11) is 2.15. The largest absolute Gasteiger partial charge is 0.368 e. The van der Waals surface area contributed by atoms with Crippen molar-refractivity contribution in [2.45, 2.75) is 12.8 Å². The number of hydrogen-bond donors (Lipinski definition) is 1. The van der Waals surface area contributed by atoms with E-state index in [2.05, 4.69) is 49.9 Å². The lowest BCUT2D eigenvalue weighted by Crippen LogP contribution is -2.45. The van der Waals surface area contributed by atoms with Crippen LogP contribution in [0.4, 0.5) is 17.6 Å². The molecule has 0 spiro atoms. The Morgan fingerprint density at radius 3 is 2.37 bits per heavy atom. The number of benzene rings is 1. The number of likely N-dealkylation sites (N-methyl/N-ethyl adjacent to an activating group) is 1. The Kier molecular flexibility index (Phi) is 5.36. The molecular weight excluding hydrogens is 360 g/mol. The van der Waals surface area contributed by atoms with E-state index < -0.39 is 0 Å². The minimum absolute atomic E-state index is 0.363. The Morgan fingerprint density at radius 2 is 1.67 bits per heavy atom. The molecular formula is C20H27ClN6. The van der Waals surface area contributed by atoms with Crippen LogP contribution in [0.15, 0.2) is 30.3 Å². The number of hydrogen-bond acceptors (Lipinski definition) is 6. The molecule has 2 aliphatic rings. The molecule has 2 N–H and O–H groups in total. The van der Waals surface area contributed by atoms with Gasteiger partial charge in [0.2, 0.25) is 5.95 Å². The summed E-state index contributed by atoms with van der Waals surface area (Å²) < 4.78 is 0. The molecule has 0 bridgehead atoms. The maximum atomic E-state index is 6.03. The Hall–Kier alpha value is -2.05. The fourth-order valence-electron chi connectivity index (χ4n) is 3.96. The Morgan fingerprint density at radius 1 is 1.00 bits per heavy atom. The fourth-order valence-corrected chi connectivity index (χ4v) is 4.09. The minimum atomic E-state index is 0.363. The number of nitrogens with two attached hydrogens (primary N) is 1. The molecule has 4 rings (SSSR count). The summed E-state index contributed by atoms with van der Waals surface area (Å²) in [6.45, 7) is 6.06. The molecule has 1 aromatic carbocycles. The fraction of sp³-hybridized carbons (Fsp3) is 0.500. The van der Waals surface area contributed by atoms with Gasteiger partial charge in [-0.15, -0.1) is 0 Å². The third-order valence-corrected chi connectivity index (χ3v) is 5.84. The molecule has 2 aliphatic heterocycles. The molecule has 7 heteroatoms. The van der Waals surface area contributed by atoms with Gasteiger partial charge in [0.05, 0.1) is 0 Å². The monoisotopic (exact) mass is 386 g/mol. The van der Waals surface area contributed by atoms with Gasteiger partial charge in [0.15, 0.2) is 0 Å². The number of anilines is 3. The summed E-state index contributed by atoms with van der Waals surface area (Å²) in [6.07, 6.45) is 2.23. The van der Waals surface area contributed by atoms with Crippen LogP contribution in [0.25, 0.3) is 0 Å². The predicted octanol–water partition coefficient (Wildman–Crippen LogP) is 2.53. The Bertz CT molecular complexity index is 773. The molecule has 1 unspecified atom stereocenters. The van der Waals surface area contributed by atoms with E-state index >= 15 is 0 Å². The van der Waals surface area contributed by atoms with Crippen molar-refractivity contribution >= 4 is 29.2 Å². The van der Waals surface area contributed by atoms with Gasteiger partial charge >= 0.3 is 0 Å².